The Morgan fingerprint density at radius 1 is 1.31 bits per heavy atom. The first kappa shape index (κ1) is 22.2. The maximum atomic E-state index is 5.54. The smallest absolute Gasteiger partial charge is 0.191 e. The summed E-state index contributed by atoms with van der Waals surface area (Å²) in [4.78, 5) is 12.8. The van der Waals surface area contributed by atoms with Crippen molar-refractivity contribution in [1.29, 1.82) is 0 Å². The van der Waals surface area contributed by atoms with Gasteiger partial charge in [0.25, 0.3) is 0 Å². The zero-order valence-electron chi connectivity index (χ0n) is 15.8. The van der Waals surface area contributed by atoms with Crippen LogP contribution in [0.2, 0.25) is 0 Å². The van der Waals surface area contributed by atoms with Crippen LogP contribution in [-0.2, 0) is 11.3 Å². The van der Waals surface area contributed by atoms with Crippen LogP contribution >= 0.6 is 47.1 Å². The number of hydrogen-bond acceptors (Lipinski definition) is 6. The van der Waals surface area contributed by atoms with Crippen molar-refractivity contribution in [1.82, 2.24) is 20.5 Å². The molecule has 148 valence electrons. The Balaban J connectivity index is 0.00000243. The highest BCUT2D eigenvalue weighted by molar-refractivity contribution is 14.0. The van der Waals surface area contributed by atoms with Gasteiger partial charge in [0.15, 0.2) is 5.96 Å². The summed E-state index contributed by atoms with van der Waals surface area (Å²) in [6.07, 6.45) is 1.23. The molecule has 0 bridgehead atoms. The number of nitrogens with one attached hydrogen (secondary N) is 2. The summed E-state index contributed by atoms with van der Waals surface area (Å²) in [5.41, 5.74) is 1.34. The van der Waals surface area contributed by atoms with E-state index in [0.717, 1.165) is 56.1 Å². The first-order valence-electron chi connectivity index (χ1n) is 8.91. The van der Waals surface area contributed by atoms with Crippen LogP contribution in [-0.4, -0.2) is 72.8 Å². The van der Waals surface area contributed by atoms with Crippen LogP contribution in [0, 0.1) is 13.8 Å². The lowest BCUT2D eigenvalue weighted by atomic mass is 9.95. The fraction of sp³-hybridized carbons (Fsp3) is 0.765. The van der Waals surface area contributed by atoms with Crippen LogP contribution < -0.4 is 10.6 Å². The van der Waals surface area contributed by atoms with Gasteiger partial charge in [-0.05, 0) is 26.0 Å². The first-order valence-corrected chi connectivity index (χ1v) is 10.9. The van der Waals surface area contributed by atoms with Gasteiger partial charge in [0.1, 0.15) is 0 Å². The Labute approximate surface area is 182 Å². The van der Waals surface area contributed by atoms with Crippen LogP contribution in [0.4, 0.5) is 0 Å². The van der Waals surface area contributed by atoms with Crippen molar-refractivity contribution in [3.63, 3.8) is 0 Å². The van der Waals surface area contributed by atoms with Crippen molar-refractivity contribution < 1.29 is 4.74 Å². The third kappa shape index (κ3) is 5.46. The molecule has 1 aromatic rings. The van der Waals surface area contributed by atoms with Crippen molar-refractivity contribution in [2.45, 2.75) is 32.4 Å². The fourth-order valence-corrected chi connectivity index (χ4v) is 5.86. The molecule has 1 unspecified atom stereocenters. The topological polar surface area (TPSA) is 61.8 Å². The molecule has 2 aliphatic heterocycles. The molecule has 9 heteroatoms. The Hall–Kier alpha value is -0.100. The van der Waals surface area contributed by atoms with Gasteiger partial charge in [-0.25, -0.2) is 4.98 Å². The highest BCUT2D eigenvalue weighted by Gasteiger charge is 2.40. The molecule has 0 aliphatic carbocycles. The summed E-state index contributed by atoms with van der Waals surface area (Å²) in [6, 6.07) is 0. The van der Waals surface area contributed by atoms with Crippen LogP contribution in [0.1, 0.15) is 22.0 Å². The van der Waals surface area contributed by atoms with E-state index in [2.05, 4.69) is 51.1 Å². The number of aliphatic imine (C=N–C) groups is 1. The molecule has 0 aromatic carbocycles. The van der Waals surface area contributed by atoms with Gasteiger partial charge in [-0.1, -0.05) is 0 Å². The summed E-state index contributed by atoms with van der Waals surface area (Å²) < 4.78 is 5.54. The minimum atomic E-state index is 0. The van der Waals surface area contributed by atoms with E-state index >= 15 is 0 Å². The van der Waals surface area contributed by atoms with E-state index in [-0.39, 0.29) is 29.5 Å². The second-order valence-electron chi connectivity index (χ2n) is 6.65. The van der Waals surface area contributed by atoms with Crippen LogP contribution in [0.3, 0.4) is 0 Å². The number of rotatable bonds is 5. The van der Waals surface area contributed by atoms with E-state index in [1.807, 2.05) is 7.05 Å². The molecule has 0 saturated carbocycles. The van der Waals surface area contributed by atoms with Gasteiger partial charge in [-0.15, -0.1) is 35.3 Å². The Bertz CT molecular complexity index is 598. The molecule has 3 heterocycles. The fourth-order valence-electron chi connectivity index (χ4n) is 3.51. The lowest BCUT2D eigenvalue weighted by Crippen LogP contribution is -2.60. The van der Waals surface area contributed by atoms with E-state index < -0.39 is 0 Å². The summed E-state index contributed by atoms with van der Waals surface area (Å²) in [6.45, 7) is 9.60. The molecule has 2 fully saturated rings. The van der Waals surface area contributed by atoms with Gasteiger partial charge in [0.2, 0.25) is 0 Å². The monoisotopic (exact) mass is 511 g/mol. The molecular weight excluding hydrogens is 481 g/mol. The molecule has 2 aliphatic rings. The van der Waals surface area contributed by atoms with Crippen molar-refractivity contribution >= 4 is 53.0 Å². The molecule has 6 nitrogen and oxygen atoms in total. The SMILES string of the molecule is CN=C(NCc1sc(C)nc1C)NCC1(N2CCOCC2)CCSC1.I. The molecule has 3 rings (SSSR count). The van der Waals surface area contributed by atoms with Gasteiger partial charge in [0, 0.05) is 42.9 Å². The minimum Gasteiger partial charge on any atom is -0.379 e. The Morgan fingerprint density at radius 3 is 2.65 bits per heavy atom. The molecule has 26 heavy (non-hydrogen) atoms. The highest BCUT2D eigenvalue weighted by Crippen LogP contribution is 2.33. The van der Waals surface area contributed by atoms with Crippen molar-refractivity contribution in [2.24, 2.45) is 4.99 Å². The number of halogens is 1. The molecule has 0 spiro atoms. The summed E-state index contributed by atoms with van der Waals surface area (Å²) in [5.74, 6) is 3.30. The molecule has 0 amide bonds. The van der Waals surface area contributed by atoms with Crippen LogP contribution in [0.15, 0.2) is 4.99 Å². The summed E-state index contributed by atoms with van der Waals surface area (Å²) >= 11 is 3.81. The normalized spacial score (nSPS) is 24.3. The number of ether oxygens (including phenoxy) is 1. The van der Waals surface area contributed by atoms with Gasteiger partial charge < -0.3 is 15.4 Å². The molecule has 2 saturated heterocycles. The van der Waals surface area contributed by atoms with Crippen molar-refractivity contribution in [2.75, 3.05) is 51.4 Å². The van der Waals surface area contributed by atoms with Crippen LogP contribution in [0.5, 0.6) is 0 Å². The van der Waals surface area contributed by atoms with E-state index in [1.54, 1.807) is 11.3 Å². The predicted molar refractivity (Wildman–Crippen MR) is 122 cm³/mol. The third-order valence-electron chi connectivity index (χ3n) is 4.99. The quantitative estimate of drug-likeness (QED) is 0.360. The van der Waals surface area contributed by atoms with Crippen LogP contribution in [0.25, 0.3) is 0 Å². The number of aryl methyl sites for hydroxylation is 2. The van der Waals surface area contributed by atoms with E-state index in [0.29, 0.717) is 0 Å². The van der Waals surface area contributed by atoms with Gasteiger partial charge in [0.05, 0.1) is 30.5 Å². The number of thiazole rings is 1. The maximum absolute atomic E-state index is 5.54. The number of thioether (sulfide) groups is 1. The van der Waals surface area contributed by atoms with Crippen molar-refractivity contribution in [3.05, 3.63) is 15.6 Å². The maximum Gasteiger partial charge on any atom is 0.191 e. The number of morpholine rings is 1. The zero-order chi connectivity index (χ0) is 17.7. The molecule has 0 radical (unpaired) electrons. The highest BCUT2D eigenvalue weighted by atomic mass is 127. The Morgan fingerprint density at radius 2 is 2.08 bits per heavy atom. The molecule has 2 N–H and O–H groups in total. The van der Waals surface area contributed by atoms with Crippen molar-refractivity contribution in [3.8, 4) is 0 Å². The Kier molecular flexibility index (Phi) is 8.92. The number of guanidine groups is 1. The van der Waals surface area contributed by atoms with E-state index in [1.165, 1.54) is 22.8 Å². The van der Waals surface area contributed by atoms with Gasteiger partial charge in [-0.2, -0.15) is 11.8 Å². The number of hydrogen-bond donors (Lipinski definition) is 2. The second kappa shape index (κ2) is 10.4. The first-order chi connectivity index (χ1) is 12.1. The molecular formula is C17H30IN5OS2. The lowest BCUT2D eigenvalue weighted by molar-refractivity contribution is -0.0120. The summed E-state index contributed by atoms with van der Waals surface area (Å²) in [5, 5.41) is 8.13. The third-order valence-corrected chi connectivity index (χ3v) is 7.30. The lowest BCUT2D eigenvalue weighted by Gasteiger charge is -2.43. The standard InChI is InChI=1S/C17H29N5OS2.HI/c1-13-15(25-14(2)21-13)10-19-16(18-3)20-11-17(4-9-24-12-17)22-5-7-23-8-6-22;/h4-12H2,1-3H3,(H2,18,19,20);1H. The van der Waals surface area contributed by atoms with E-state index in [4.69, 9.17) is 4.74 Å². The number of aromatic nitrogens is 1. The number of nitrogens with zero attached hydrogens (tertiary/aromatic N) is 3. The average Bonchev–Trinajstić information content (AvgIpc) is 3.23. The largest absolute Gasteiger partial charge is 0.379 e. The predicted octanol–water partition coefficient (Wildman–Crippen LogP) is 2.25. The molecule has 1 atom stereocenters. The zero-order valence-corrected chi connectivity index (χ0v) is 19.8. The molecule has 1 aromatic heterocycles. The second-order valence-corrected chi connectivity index (χ2v) is 9.04. The van der Waals surface area contributed by atoms with Gasteiger partial charge in [-0.3, -0.25) is 9.89 Å². The average molecular weight is 511 g/mol. The van der Waals surface area contributed by atoms with E-state index in [9.17, 15) is 0 Å². The summed E-state index contributed by atoms with van der Waals surface area (Å²) in [7, 11) is 1.84. The van der Waals surface area contributed by atoms with Gasteiger partial charge >= 0.3 is 0 Å². The minimum absolute atomic E-state index is 0.